The van der Waals surface area contributed by atoms with Crippen LogP contribution in [0, 0.1) is 20.2 Å². The fourth-order valence-electron chi connectivity index (χ4n) is 1.80. The van der Waals surface area contributed by atoms with Crippen LogP contribution in [-0.4, -0.2) is 29.1 Å². The van der Waals surface area contributed by atoms with Crippen LogP contribution >= 0.6 is 0 Å². The van der Waals surface area contributed by atoms with Crippen molar-refractivity contribution >= 4 is 23.6 Å². The Morgan fingerprint density at radius 3 is 2.08 bits per heavy atom. The third-order valence-corrected chi connectivity index (χ3v) is 3.01. The fraction of sp³-hybridized carbons (Fsp3) is 0.0667. The normalized spacial score (nSPS) is 10.4. The van der Waals surface area contributed by atoms with Crippen molar-refractivity contribution in [3.8, 4) is 5.75 Å². The van der Waals surface area contributed by atoms with Crippen molar-refractivity contribution in [2.45, 2.75) is 0 Å². The second-order valence-electron chi connectivity index (χ2n) is 4.64. The van der Waals surface area contributed by atoms with Gasteiger partial charge in [0.05, 0.1) is 34.8 Å². The maximum Gasteiger partial charge on any atom is 0.366 e. The second kappa shape index (κ2) is 7.64. The maximum atomic E-state index is 11.9. The Kier molecular flexibility index (Phi) is 5.36. The molecule has 25 heavy (non-hydrogen) atoms. The smallest absolute Gasteiger partial charge is 0.366 e. The summed E-state index contributed by atoms with van der Waals surface area (Å²) in [5, 5.41) is 25.1. The van der Waals surface area contributed by atoms with Gasteiger partial charge in [-0.2, -0.15) is 0 Å². The first-order valence-corrected chi connectivity index (χ1v) is 6.73. The summed E-state index contributed by atoms with van der Waals surface area (Å²) < 4.78 is 4.99. The maximum absolute atomic E-state index is 11.9. The van der Waals surface area contributed by atoms with Crippen molar-refractivity contribution in [3.05, 3.63) is 73.8 Å². The van der Waals surface area contributed by atoms with Crippen molar-refractivity contribution in [3.63, 3.8) is 0 Å². The van der Waals surface area contributed by atoms with Gasteiger partial charge >= 0.3 is 5.97 Å². The lowest BCUT2D eigenvalue weighted by Crippen LogP contribution is -2.04. The van der Waals surface area contributed by atoms with E-state index < -0.39 is 27.2 Å². The lowest BCUT2D eigenvalue weighted by molar-refractivity contribution is -0.394. The van der Waals surface area contributed by atoms with E-state index >= 15 is 0 Å². The van der Waals surface area contributed by atoms with Crippen LogP contribution in [0.5, 0.6) is 5.75 Å². The van der Waals surface area contributed by atoms with Crippen LogP contribution in [0.4, 0.5) is 11.4 Å². The lowest BCUT2D eigenvalue weighted by atomic mass is 10.2. The Labute approximate surface area is 140 Å². The first-order chi connectivity index (χ1) is 11.9. The van der Waals surface area contributed by atoms with Gasteiger partial charge in [-0.3, -0.25) is 20.2 Å². The molecule has 0 aromatic heterocycles. The lowest BCUT2D eigenvalue weighted by Gasteiger charge is -2.00. The number of hydrogen-bond acceptors (Lipinski definition) is 8. The summed E-state index contributed by atoms with van der Waals surface area (Å²) in [6, 6.07) is 9.16. The van der Waals surface area contributed by atoms with Crippen LogP contribution in [0.15, 0.2) is 47.6 Å². The minimum Gasteiger partial charge on any atom is -0.497 e. The number of hydrogen-bond donors (Lipinski definition) is 0. The molecule has 2 rings (SSSR count). The fourth-order valence-corrected chi connectivity index (χ4v) is 1.80. The van der Waals surface area contributed by atoms with Gasteiger partial charge in [0.25, 0.3) is 11.4 Å². The van der Waals surface area contributed by atoms with Crippen molar-refractivity contribution in [2.24, 2.45) is 5.16 Å². The van der Waals surface area contributed by atoms with E-state index in [9.17, 15) is 25.0 Å². The predicted molar refractivity (Wildman–Crippen MR) is 85.8 cm³/mol. The Balaban J connectivity index is 2.15. The molecule has 2 aromatic carbocycles. The second-order valence-corrected chi connectivity index (χ2v) is 4.64. The van der Waals surface area contributed by atoms with E-state index in [1.54, 1.807) is 24.3 Å². The summed E-state index contributed by atoms with van der Waals surface area (Å²) >= 11 is 0. The molecule has 10 nitrogen and oxygen atoms in total. The molecule has 0 aliphatic heterocycles. The van der Waals surface area contributed by atoms with E-state index in [2.05, 4.69) is 9.99 Å². The van der Waals surface area contributed by atoms with Crippen LogP contribution in [0.25, 0.3) is 0 Å². The van der Waals surface area contributed by atoms with E-state index in [1.165, 1.54) is 13.3 Å². The average Bonchev–Trinajstić information content (AvgIpc) is 2.61. The van der Waals surface area contributed by atoms with E-state index in [1.807, 2.05) is 0 Å². The molecule has 0 aliphatic rings. The number of nitro benzene ring substituents is 2. The number of nitro groups is 2. The van der Waals surface area contributed by atoms with Gasteiger partial charge in [-0.05, 0) is 29.8 Å². The Morgan fingerprint density at radius 2 is 1.60 bits per heavy atom. The van der Waals surface area contributed by atoms with E-state index in [0.29, 0.717) is 11.3 Å². The quantitative estimate of drug-likeness (QED) is 0.340. The number of rotatable bonds is 6. The molecule has 0 radical (unpaired) electrons. The summed E-state index contributed by atoms with van der Waals surface area (Å²) in [7, 11) is 1.52. The number of non-ortho nitro benzene ring substituents is 2. The van der Waals surface area contributed by atoms with E-state index in [4.69, 9.17) is 4.74 Å². The number of carbonyl (C=O) groups is 1. The summed E-state index contributed by atoms with van der Waals surface area (Å²) in [6.45, 7) is 0. The topological polar surface area (TPSA) is 134 Å². The summed E-state index contributed by atoms with van der Waals surface area (Å²) in [6.07, 6.45) is 1.24. The molecule has 2 aromatic rings. The molecule has 0 amide bonds. The minimum absolute atomic E-state index is 0.354. The Bertz CT molecular complexity index is 814. The van der Waals surface area contributed by atoms with Crippen LogP contribution in [-0.2, 0) is 4.84 Å². The average molecular weight is 345 g/mol. The number of methoxy groups -OCH3 is 1. The molecule has 0 heterocycles. The Hall–Kier alpha value is -3.82. The molecular weight excluding hydrogens is 334 g/mol. The third-order valence-electron chi connectivity index (χ3n) is 3.01. The molecule has 0 atom stereocenters. The first-order valence-electron chi connectivity index (χ1n) is 6.73. The van der Waals surface area contributed by atoms with Crippen LogP contribution in [0.1, 0.15) is 15.9 Å². The van der Waals surface area contributed by atoms with Crippen LogP contribution in [0.3, 0.4) is 0 Å². The number of oxime groups is 1. The molecule has 0 aliphatic carbocycles. The summed E-state index contributed by atoms with van der Waals surface area (Å²) in [5.41, 5.74) is -0.938. The zero-order chi connectivity index (χ0) is 18.4. The molecule has 128 valence electrons. The number of carbonyl (C=O) groups excluding carboxylic acids is 1. The number of ether oxygens (including phenoxy) is 1. The highest BCUT2D eigenvalue weighted by Crippen LogP contribution is 2.23. The monoisotopic (exact) mass is 345 g/mol. The molecule has 0 fully saturated rings. The van der Waals surface area contributed by atoms with Gasteiger partial charge in [0.15, 0.2) is 0 Å². The van der Waals surface area contributed by atoms with Gasteiger partial charge in [-0.25, -0.2) is 4.79 Å². The first kappa shape index (κ1) is 17.5. The molecular formula is C15H11N3O7. The van der Waals surface area contributed by atoms with Gasteiger partial charge < -0.3 is 9.57 Å². The molecule has 0 bridgehead atoms. The zero-order valence-electron chi connectivity index (χ0n) is 12.8. The molecule has 10 heteroatoms. The Morgan fingerprint density at radius 1 is 1.04 bits per heavy atom. The van der Waals surface area contributed by atoms with Crippen LogP contribution in [0.2, 0.25) is 0 Å². The highest BCUT2D eigenvalue weighted by atomic mass is 16.7. The SMILES string of the molecule is COc1ccc(/C=N\OC(=O)c2cc([N+](=O)[O-])cc([N+](=O)[O-])c2)cc1. The largest absolute Gasteiger partial charge is 0.497 e. The summed E-state index contributed by atoms with van der Waals surface area (Å²) in [4.78, 5) is 36.4. The van der Waals surface area contributed by atoms with Gasteiger partial charge in [0.1, 0.15) is 5.75 Å². The summed E-state index contributed by atoms with van der Waals surface area (Å²) in [5.74, 6) is -0.422. The molecule has 0 spiro atoms. The molecule has 0 saturated heterocycles. The van der Waals surface area contributed by atoms with Crippen LogP contribution < -0.4 is 4.74 Å². The molecule has 0 unspecified atom stereocenters. The van der Waals surface area contributed by atoms with Gasteiger partial charge in [-0.15, -0.1) is 0 Å². The minimum atomic E-state index is -1.06. The predicted octanol–water partition coefficient (Wildman–Crippen LogP) is 2.70. The highest BCUT2D eigenvalue weighted by molar-refractivity contribution is 5.91. The van der Waals surface area contributed by atoms with Gasteiger partial charge in [0, 0.05) is 12.1 Å². The van der Waals surface area contributed by atoms with Crippen molar-refractivity contribution in [2.75, 3.05) is 7.11 Å². The molecule has 0 saturated carbocycles. The van der Waals surface area contributed by atoms with E-state index in [0.717, 1.165) is 18.2 Å². The number of benzene rings is 2. The van der Waals surface area contributed by atoms with Crippen molar-refractivity contribution in [1.82, 2.24) is 0 Å². The standard InChI is InChI=1S/C15H11N3O7/c1-24-14-4-2-10(3-5-14)9-16-25-15(19)11-6-12(17(20)21)8-13(7-11)18(22)23/h2-9H,1H3/b16-9-. The van der Waals surface area contributed by atoms with Gasteiger partial charge in [0.2, 0.25) is 0 Å². The highest BCUT2D eigenvalue weighted by Gasteiger charge is 2.20. The zero-order valence-corrected chi connectivity index (χ0v) is 12.8. The van der Waals surface area contributed by atoms with Crippen molar-refractivity contribution in [1.29, 1.82) is 0 Å². The number of nitrogens with zero attached hydrogens (tertiary/aromatic N) is 3. The molecule has 0 N–H and O–H groups in total. The van der Waals surface area contributed by atoms with Crippen molar-refractivity contribution < 1.29 is 24.2 Å². The third kappa shape index (κ3) is 4.58. The van der Waals surface area contributed by atoms with E-state index in [-0.39, 0.29) is 5.56 Å². The van der Waals surface area contributed by atoms with Gasteiger partial charge in [-0.1, -0.05) is 5.16 Å².